The molecule has 1 saturated carbocycles. The first-order valence-corrected chi connectivity index (χ1v) is 11.5. The number of ether oxygens (including phenoxy) is 2. The van der Waals surface area contributed by atoms with E-state index in [1.807, 2.05) is 0 Å². The van der Waals surface area contributed by atoms with Crippen LogP contribution in [-0.4, -0.2) is 32.8 Å². The molecule has 0 atom stereocenters. The van der Waals surface area contributed by atoms with Crippen LogP contribution in [0.2, 0.25) is 0 Å². The Morgan fingerprint density at radius 3 is 2.62 bits per heavy atom. The Bertz CT molecular complexity index is 1100. The van der Waals surface area contributed by atoms with Gasteiger partial charge >= 0.3 is 0 Å². The van der Waals surface area contributed by atoms with E-state index in [-0.39, 0.29) is 4.21 Å². The minimum absolute atomic E-state index is 0.144. The van der Waals surface area contributed by atoms with E-state index in [9.17, 15) is 8.42 Å². The summed E-state index contributed by atoms with van der Waals surface area (Å²) in [6, 6.07) is 8.06. The smallest absolute Gasteiger partial charge is 0.271 e. The zero-order chi connectivity index (χ0) is 20.4. The maximum absolute atomic E-state index is 12.8. The van der Waals surface area contributed by atoms with Crippen LogP contribution < -0.4 is 14.2 Å². The molecule has 1 aliphatic rings. The maximum atomic E-state index is 12.8. The number of rotatable bonds is 7. The van der Waals surface area contributed by atoms with Gasteiger partial charge in [0.25, 0.3) is 15.9 Å². The van der Waals surface area contributed by atoms with Crippen molar-refractivity contribution in [1.82, 2.24) is 10.2 Å². The molecule has 0 aliphatic heterocycles. The quantitative estimate of drug-likeness (QED) is 0.591. The summed E-state index contributed by atoms with van der Waals surface area (Å²) in [5.41, 5.74) is 0.324. The summed E-state index contributed by atoms with van der Waals surface area (Å²) < 4.78 is 44.6. The Morgan fingerprint density at radius 1 is 1.10 bits per heavy atom. The average molecular weight is 436 g/mol. The first kappa shape index (κ1) is 19.7. The van der Waals surface area contributed by atoms with Gasteiger partial charge in [-0.15, -0.1) is 21.5 Å². The Hall–Kier alpha value is -2.59. The molecule has 1 fully saturated rings. The second-order valence-electron chi connectivity index (χ2n) is 6.72. The van der Waals surface area contributed by atoms with Crippen LogP contribution in [0.15, 0.2) is 39.0 Å². The summed E-state index contributed by atoms with van der Waals surface area (Å²) in [4.78, 5) is 0.615. The fraction of sp³-hybridized carbons (Fsp3) is 0.368. The molecule has 1 aliphatic carbocycles. The molecule has 3 aromatic rings. The molecule has 1 aromatic carbocycles. The van der Waals surface area contributed by atoms with Crippen molar-refractivity contribution in [3.8, 4) is 22.3 Å². The fourth-order valence-corrected chi connectivity index (χ4v) is 5.63. The molecular formula is C19H21N3O5S2. The molecule has 0 spiro atoms. The number of thiophene rings is 1. The van der Waals surface area contributed by atoms with E-state index < -0.39 is 10.0 Å². The van der Waals surface area contributed by atoms with E-state index >= 15 is 0 Å². The summed E-state index contributed by atoms with van der Waals surface area (Å²) in [6.45, 7) is 0. The molecule has 1 N–H and O–H groups in total. The Labute approximate surface area is 172 Å². The normalized spacial score (nSPS) is 14.8. The first-order chi connectivity index (χ1) is 14.0. The highest BCUT2D eigenvalue weighted by molar-refractivity contribution is 7.94. The van der Waals surface area contributed by atoms with Gasteiger partial charge in [0.1, 0.15) is 15.7 Å². The molecule has 4 rings (SSSR count). The number of aromatic nitrogens is 2. The van der Waals surface area contributed by atoms with Crippen molar-refractivity contribution in [2.45, 2.75) is 35.8 Å². The largest absolute Gasteiger partial charge is 0.497 e. The van der Waals surface area contributed by atoms with Gasteiger partial charge in [-0.1, -0.05) is 12.8 Å². The summed E-state index contributed by atoms with van der Waals surface area (Å²) >= 11 is 1.08. The molecule has 0 saturated heterocycles. The lowest BCUT2D eigenvalue weighted by Crippen LogP contribution is -2.12. The highest BCUT2D eigenvalue weighted by Crippen LogP contribution is 2.37. The fourth-order valence-electron chi connectivity index (χ4n) is 3.33. The first-order valence-electron chi connectivity index (χ1n) is 9.18. The van der Waals surface area contributed by atoms with Gasteiger partial charge in [0.2, 0.25) is 5.89 Å². The second-order valence-corrected chi connectivity index (χ2v) is 9.71. The molecule has 10 heteroatoms. The zero-order valence-corrected chi connectivity index (χ0v) is 17.7. The number of benzene rings is 1. The van der Waals surface area contributed by atoms with Crippen molar-refractivity contribution in [2.75, 3.05) is 18.9 Å². The molecule has 0 unspecified atom stereocenters. The van der Waals surface area contributed by atoms with Crippen LogP contribution in [0.3, 0.4) is 0 Å². The molecular weight excluding hydrogens is 414 g/mol. The third-order valence-electron chi connectivity index (χ3n) is 4.86. The Morgan fingerprint density at radius 2 is 1.90 bits per heavy atom. The van der Waals surface area contributed by atoms with E-state index in [0.717, 1.165) is 24.2 Å². The SMILES string of the molecule is COc1ccc(NS(=O)(=O)c2ccc(-c3nnc(C4CCCC4)o3)s2)c(OC)c1. The van der Waals surface area contributed by atoms with Gasteiger partial charge in [-0.25, -0.2) is 8.42 Å². The number of nitrogens with zero attached hydrogens (tertiary/aromatic N) is 2. The second kappa shape index (κ2) is 8.03. The molecule has 0 amide bonds. The topological polar surface area (TPSA) is 104 Å². The van der Waals surface area contributed by atoms with Gasteiger partial charge in [-0.05, 0) is 37.1 Å². The lowest BCUT2D eigenvalue weighted by Gasteiger charge is -2.12. The van der Waals surface area contributed by atoms with Crippen molar-refractivity contribution < 1.29 is 22.3 Å². The van der Waals surface area contributed by atoms with Crippen LogP contribution in [0.1, 0.15) is 37.5 Å². The summed E-state index contributed by atoms with van der Waals surface area (Å²) in [5.74, 6) is 2.22. The van der Waals surface area contributed by atoms with E-state index in [1.165, 1.54) is 33.1 Å². The Kier molecular flexibility index (Phi) is 5.46. The maximum Gasteiger partial charge on any atom is 0.271 e. The van der Waals surface area contributed by atoms with Crippen LogP contribution in [0.4, 0.5) is 5.69 Å². The van der Waals surface area contributed by atoms with Gasteiger partial charge in [0, 0.05) is 12.0 Å². The number of anilines is 1. The van der Waals surface area contributed by atoms with Crippen molar-refractivity contribution in [2.24, 2.45) is 0 Å². The summed E-state index contributed by atoms with van der Waals surface area (Å²) in [5, 5.41) is 8.25. The van der Waals surface area contributed by atoms with Crippen LogP contribution >= 0.6 is 11.3 Å². The molecule has 0 bridgehead atoms. The molecule has 29 heavy (non-hydrogen) atoms. The number of methoxy groups -OCH3 is 2. The molecule has 154 valence electrons. The molecule has 0 radical (unpaired) electrons. The standard InChI is InChI=1S/C19H21N3O5S2/c1-25-13-7-8-14(15(11-13)26-2)22-29(23,24)17-10-9-16(28-17)19-21-20-18(27-19)12-5-3-4-6-12/h7-12,22H,3-6H2,1-2H3. The number of hydrogen-bond acceptors (Lipinski definition) is 8. The van der Waals surface area contributed by atoms with Crippen LogP contribution in [0.25, 0.3) is 10.8 Å². The predicted molar refractivity (Wildman–Crippen MR) is 109 cm³/mol. The highest BCUT2D eigenvalue weighted by Gasteiger charge is 2.25. The van der Waals surface area contributed by atoms with Gasteiger partial charge < -0.3 is 13.9 Å². The van der Waals surface area contributed by atoms with E-state index in [2.05, 4.69) is 14.9 Å². The van der Waals surface area contributed by atoms with Crippen molar-refractivity contribution in [1.29, 1.82) is 0 Å². The predicted octanol–water partition coefficient (Wildman–Crippen LogP) is 4.27. The zero-order valence-electron chi connectivity index (χ0n) is 16.0. The molecule has 2 heterocycles. The van der Waals surface area contributed by atoms with Crippen LogP contribution in [-0.2, 0) is 10.0 Å². The van der Waals surface area contributed by atoms with Crippen molar-refractivity contribution >= 4 is 27.0 Å². The molecule has 8 nitrogen and oxygen atoms in total. The highest BCUT2D eigenvalue weighted by atomic mass is 32.2. The van der Waals surface area contributed by atoms with Gasteiger partial charge in [-0.3, -0.25) is 4.72 Å². The van der Waals surface area contributed by atoms with Gasteiger partial charge in [0.15, 0.2) is 0 Å². The minimum atomic E-state index is -3.80. The van der Waals surface area contributed by atoms with E-state index in [0.29, 0.717) is 39.8 Å². The van der Waals surface area contributed by atoms with Crippen molar-refractivity contribution in [3.63, 3.8) is 0 Å². The molecule has 2 aromatic heterocycles. The third kappa shape index (κ3) is 4.08. The summed E-state index contributed by atoms with van der Waals surface area (Å²) in [6.07, 6.45) is 4.45. The summed E-state index contributed by atoms with van der Waals surface area (Å²) in [7, 11) is -0.809. The lowest BCUT2D eigenvalue weighted by atomic mass is 10.1. The monoisotopic (exact) mass is 435 g/mol. The average Bonchev–Trinajstić information content (AvgIpc) is 3.48. The lowest BCUT2D eigenvalue weighted by molar-refractivity contribution is 0.395. The minimum Gasteiger partial charge on any atom is -0.497 e. The van der Waals surface area contributed by atoms with E-state index in [4.69, 9.17) is 13.9 Å². The Balaban J connectivity index is 1.55. The van der Waals surface area contributed by atoms with Crippen LogP contribution in [0.5, 0.6) is 11.5 Å². The van der Waals surface area contributed by atoms with Gasteiger partial charge in [-0.2, -0.15) is 0 Å². The van der Waals surface area contributed by atoms with Crippen LogP contribution in [0, 0.1) is 0 Å². The third-order valence-corrected chi connectivity index (χ3v) is 7.79. The van der Waals surface area contributed by atoms with E-state index in [1.54, 1.807) is 24.3 Å². The number of nitrogens with one attached hydrogen (secondary N) is 1. The number of hydrogen-bond donors (Lipinski definition) is 1. The van der Waals surface area contributed by atoms with Gasteiger partial charge in [0.05, 0.1) is 24.8 Å². The van der Waals surface area contributed by atoms with Crippen molar-refractivity contribution in [3.05, 3.63) is 36.2 Å². The number of sulfonamides is 1.